The highest BCUT2D eigenvalue weighted by Gasteiger charge is 2.51. The standard InChI is InChI=1S/C37H44N4O6/c1-37(18-26-19-38-30-11-7-6-10-27(26)30,41-36(45)47-32-24-13-21-12-22(15-24)16-25(32)14-21)35(44)39-20-31(23-8-4-3-5-9-23)40-33(42)28-17-29(28)34(43)46-2/h3-11,19,21-22,24-25,28-29,31-32,38H,12-18,20H2,1-2H3,(H,39,44)(H,40,42)(H,41,45)/t21?,22?,24?,25?,28-,29-,31+,32?,37-/m1/s1. The van der Waals surface area contributed by atoms with Crippen LogP contribution in [0, 0.1) is 35.5 Å². The maximum atomic E-state index is 14.2. The van der Waals surface area contributed by atoms with Crippen molar-refractivity contribution in [2.24, 2.45) is 35.5 Å². The molecule has 47 heavy (non-hydrogen) atoms. The number of amides is 3. The molecular formula is C37H44N4O6. The lowest BCUT2D eigenvalue weighted by Gasteiger charge is -2.53. The fourth-order valence-electron chi connectivity index (χ4n) is 8.79. The molecule has 5 saturated carbocycles. The number of alkyl carbamates (subject to hydrolysis) is 1. The van der Waals surface area contributed by atoms with E-state index in [4.69, 9.17) is 9.47 Å². The van der Waals surface area contributed by atoms with Crippen LogP contribution >= 0.6 is 0 Å². The number of hydrogen-bond donors (Lipinski definition) is 4. The van der Waals surface area contributed by atoms with Crippen LogP contribution in [0.25, 0.3) is 10.9 Å². The molecule has 8 rings (SSSR count). The number of aromatic amines is 1. The van der Waals surface area contributed by atoms with Crippen LogP contribution in [-0.4, -0.2) is 54.2 Å². The Morgan fingerprint density at radius 2 is 1.57 bits per heavy atom. The van der Waals surface area contributed by atoms with E-state index in [1.807, 2.05) is 60.8 Å². The van der Waals surface area contributed by atoms with E-state index in [1.165, 1.54) is 13.5 Å². The van der Waals surface area contributed by atoms with Crippen molar-refractivity contribution in [1.29, 1.82) is 0 Å². The number of rotatable bonds is 11. The molecule has 5 aliphatic carbocycles. The normalized spacial score (nSPS) is 28.9. The van der Waals surface area contributed by atoms with Gasteiger partial charge in [-0.15, -0.1) is 0 Å². The molecule has 0 radical (unpaired) electrons. The third-order valence-corrected chi connectivity index (χ3v) is 11.1. The molecule has 3 aromatic rings. The van der Waals surface area contributed by atoms with Crippen LogP contribution in [0.2, 0.25) is 0 Å². The molecule has 2 aromatic carbocycles. The van der Waals surface area contributed by atoms with E-state index in [9.17, 15) is 19.2 Å². The monoisotopic (exact) mass is 640 g/mol. The number of ether oxygens (including phenoxy) is 2. The Kier molecular flexibility index (Phi) is 8.45. The van der Waals surface area contributed by atoms with Crippen molar-refractivity contribution in [3.05, 3.63) is 71.9 Å². The summed E-state index contributed by atoms with van der Waals surface area (Å²) in [4.78, 5) is 56.2. The number of methoxy groups -OCH3 is 1. The Hall–Kier alpha value is -4.34. The van der Waals surface area contributed by atoms with Crippen molar-refractivity contribution in [2.75, 3.05) is 13.7 Å². The van der Waals surface area contributed by atoms with Gasteiger partial charge in [0.15, 0.2) is 0 Å². The van der Waals surface area contributed by atoms with Gasteiger partial charge in [-0.3, -0.25) is 14.4 Å². The van der Waals surface area contributed by atoms with Crippen molar-refractivity contribution in [2.45, 2.75) is 69.6 Å². The molecule has 10 heteroatoms. The number of hydrogen-bond acceptors (Lipinski definition) is 6. The predicted molar refractivity (Wildman–Crippen MR) is 175 cm³/mol. The minimum absolute atomic E-state index is 0.0833. The van der Waals surface area contributed by atoms with Gasteiger partial charge in [-0.05, 0) is 86.3 Å². The largest absolute Gasteiger partial charge is 0.469 e. The summed E-state index contributed by atoms with van der Waals surface area (Å²) in [6, 6.07) is 16.7. The van der Waals surface area contributed by atoms with E-state index in [0.29, 0.717) is 18.3 Å². The molecule has 5 aliphatic rings. The fourth-order valence-corrected chi connectivity index (χ4v) is 8.79. The second-order valence-corrected chi connectivity index (χ2v) is 14.4. The van der Waals surface area contributed by atoms with Gasteiger partial charge in [-0.2, -0.15) is 0 Å². The first-order valence-electron chi connectivity index (χ1n) is 17.0. The molecular weight excluding hydrogens is 596 g/mol. The van der Waals surface area contributed by atoms with Gasteiger partial charge >= 0.3 is 12.1 Å². The van der Waals surface area contributed by atoms with Gasteiger partial charge in [0.05, 0.1) is 25.0 Å². The summed E-state index contributed by atoms with van der Waals surface area (Å²) in [5.74, 6) is 0.339. The second-order valence-electron chi connectivity index (χ2n) is 14.4. The Balaban J connectivity index is 1.08. The zero-order valence-electron chi connectivity index (χ0n) is 27.0. The first-order valence-corrected chi connectivity index (χ1v) is 17.0. The molecule has 1 heterocycles. The quantitative estimate of drug-likeness (QED) is 0.222. The van der Waals surface area contributed by atoms with Crippen LogP contribution in [0.3, 0.4) is 0 Å². The number of carbonyl (C=O) groups excluding carboxylic acids is 4. The van der Waals surface area contributed by atoms with Gasteiger partial charge in [-0.1, -0.05) is 48.5 Å². The lowest BCUT2D eigenvalue weighted by atomic mass is 9.55. The number of H-pyrrole nitrogens is 1. The lowest BCUT2D eigenvalue weighted by molar-refractivity contribution is -0.143. The summed E-state index contributed by atoms with van der Waals surface area (Å²) in [5, 5.41) is 10.0. The average Bonchev–Trinajstić information content (AvgIpc) is 3.78. The van der Waals surface area contributed by atoms with Gasteiger partial charge in [0.2, 0.25) is 11.8 Å². The third kappa shape index (κ3) is 6.47. The molecule has 10 nitrogen and oxygen atoms in total. The van der Waals surface area contributed by atoms with Crippen LogP contribution < -0.4 is 16.0 Å². The Morgan fingerprint density at radius 3 is 2.28 bits per heavy atom. The molecule has 248 valence electrons. The summed E-state index contributed by atoms with van der Waals surface area (Å²) < 4.78 is 11.0. The van der Waals surface area contributed by atoms with Crippen molar-refractivity contribution < 1.29 is 28.7 Å². The Morgan fingerprint density at radius 1 is 0.894 bits per heavy atom. The summed E-state index contributed by atoms with van der Waals surface area (Å²) >= 11 is 0. The highest BCUT2D eigenvalue weighted by Crippen LogP contribution is 2.54. The van der Waals surface area contributed by atoms with Gasteiger partial charge in [0.25, 0.3) is 0 Å². The summed E-state index contributed by atoms with van der Waals surface area (Å²) in [6.45, 7) is 1.81. The lowest BCUT2D eigenvalue weighted by Crippen LogP contribution is -2.60. The maximum Gasteiger partial charge on any atom is 0.408 e. The summed E-state index contributed by atoms with van der Waals surface area (Å²) in [5.41, 5.74) is 1.29. The minimum Gasteiger partial charge on any atom is -0.469 e. The van der Waals surface area contributed by atoms with E-state index in [0.717, 1.165) is 59.5 Å². The topological polar surface area (TPSA) is 139 Å². The van der Waals surface area contributed by atoms with Crippen molar-refractivity contribution in [1.82, 2.24) is 20.9 Å². The van der Waals surface area contributed by atoms with Crippen molar-refractivity contribution in [3.63, 3.8) is 0 Å². The van der Waals surface area contributed by atoms with E-state index in [2.05, 4.69) is 20.9 Å². The van der Waals surface area contributed by atoms with Crippen LogP contribution in [0.5, 0.6) is 0 Å². The van der Waals surface area contributed by atoms with Gasteiger partial charge in [0.1, 0.15) is 11.6 Å². The minimum atomic E-state index is -1.36. The first kappa shape index (κ1) is 31.3. The highest BCUT2D eigenvalue weighted by atomic mass is 16.6. The molecule has 0 saturated heterocycles. The molecule has 4 bridgehead atoms. The third-order valence-electron chi connectivity index (χ3n) is 11.1. The Bertz CT molecular complexity index is 1630. The summed E-state index contributed by atoms with van der Waals surface area (Å²) in [6.07, 6.45) is 7.63. The zero-order valence-corrected chi connectivity index (χ0v) is 27.0. The van der Waals surface area contributed by atoms with Gasteiger partial charge in [0, 0.05) is 30.1 Å². The highest BCUT2D eigenvalue weighted by molar-refractivity contribution is 5.92. The Labute approximate surface area is 274 Å². The van der Waals surface area contributed by atoms with E-state index < -0.39 is 35.5 Å². The number of carbonyl (C=O) groups is 4. The molecule has 4 N–H and O–H groups in total. The van der Waals surface area contributed by atoms with Gasteiger partial charge < -0.3 is 30.4 Å². The molecule has 4 atom stereocenters. The SMILES string of the molecule is COC(=O)[C@@H]1C[C@H]1C(=O)N[C@@H](CNC(=O)[C@@](C)(Cc1c[nH]c2ccccc12)NC(=O)OC1C2CC3CC(C2)CC1C3)c1ccccc1. The van der Waals surface area contributed by atoms with Crippen molar-refractivity contribution >= 4 is 34.8 Å². The molecule has 3 amide bonds. The smallest absolute Gasteiger partial charge is 0.408 e. The molecule has 0 aliphatic heterocycles. The van der Waals surface area contributed by atoms with E-state index >= 15 is 0 Å². The van der Waals surface area contributed by atoms with Crippen LogP contribution in [0.4, 0.5) is 4.79 Å². The maximum absolute atomic E-state index is 14.2. The summed E-state index contributed by atoms with van der Waals surface area (Å²) in [7, 11) is 1.32. The number of nitrogens with one attached hydrogen (secondary N) is 4. The molecule has 1 aromatic heterocycles. The number of para-hydroxylation sites is 1. The second kappa shape index (κ2) is 12.7. The van der Waals surface area contributed by atoms with Crippen LogP contribution in [-0.2, 0) is 30.3 Å². The van der Waals surface area contributed by atoms with Crippen molar-refractivity contribution in [3.8, 4) is 0 Å². The van der Waals surface area contributed by atoms with E-state index in [-0.39, 0.29) is 30.9 Å². The number of esters is 1. The zero-order chi connectivity index (χ0) is 32.7. The number of fused-ring (bicyclic) bond motifs is 1. The van der Waals surface area contributed by atoms with Gasteiger partial charge in [-0.25, -0.2) is 4.79 Å². The van der Waals surface area contributed by atoms with Crippen LogP contribution in [0.1, 0.15) is 62.6 Å². The average molecular weight is 641 g/mol. The number of aromatic nitrogens is 1. The number of benzene rings is 2. The fraction of sp³-hybridized carbons (Fsp3) is 0.514. The molecule has 5 fully saturated rings. The molecule has 0 spiro atoms. The molecule has 0 unspecified atom stereocenters. The predicted octanol–water partition coefficient (Wildman–Crippen LogP) is 4.80. The van der Waals surface area contributed by atoms with E-state index in [1.54, 1.807) is 6.92 Å². The first-order chi connectivity index (χ1) is 22.7. The van der Waals surface area contributed by atoms with Crippen LogP contribution in [0.15, 0.2) is 60.8 Å².